The average Bonchev–Trinajstić information content (AvgIpc) is 2.98. The van der Waals surface area contributed by atoms with Crippen LogP contribution in [0.5, 0.6) is 0 Å². The van der Waals surface area contributed by atoms with E-state index in [1.807, 2.05) is 44.2 Å². The number of amides is 3. The number of benzene rings is 1. The standard InChI is InChI=1S/C29H52N6O7/c1-3-32-29(38)26(21-24-7-5-4-6-8-24)35-23(2)25(31)22-34-28(37)10-13-39-15-17-41-19-20-42-18-16-40-14-12-33-27(36)9-11-30/h4-8,23,25-26,35H,3,9-22,30-31H2,1-2H3,(H,32,38)(H,33,36)(H,34,37). The van der Waals surface area contributed by atoms with Crippen LogP contribution in [-0.4, -0.2) is 115 Å². The summed E-state index contributed by atoms with van der Waals surface area (Å²) in [5.74, 6) is -0.316. The van der Waals surface area contributed by atoms with Gasteiger partial charge in [-0.25, -0.2) is 0 Å². The first-order chi connectivity index (χ1) is 20.4. The van der Waals surface area contributed by atoms with Crippen LogP contribution in [-0.2, 0) is 39.8 Å². The van der Waals surface area contributed by atoms with Crippen LogP contribution < -0.4 is 32.7 Å². The lowest BCUT2D eigenvalue weighted by molar-refractivity contribution is -0.124. The number of hydrogen-bond acceptors (Lipinski definition) is 10. The monoisotopic (exact) mass is 596 g/mol. The van der Waals surface area contributed by atoms with Crippen molar-refractivity contribution in [1.82, 2.24) is 21.3 Å². The maximum Gasteiger partial charge on any atom is 0.237 e. The summed E-state index contributed by atoms with van der Waals surface area (Å²) in [4.78, 5) is 36.0. The van der Waals surface area contributed by atoms with E-state index in [2.05, 4.69) is 21.3 Å². The van der Waals surface area contributed by atoms with E-state index in [9.17, 15) is 14.4 Å². The lowest BCUT2D eigenvalue weighted by Crippen LogP contribution is -2.56. The third-order valence-corrected chi connectivity index (χ3v) is 6.12. The molecule has 0 spiro atoms. The molecule has 0 aromatic heterocycles. The summed E-state index contributed by atoms with van der Waals surface area (Å²) in [5.41, 5.74) is 12.6. The number of nitrogens with one attached hydrogen (secondary N) is 4. The predicted molar refractivity (Wildman–Crippen MR) is 161 cm³/mol. The van der Waals surface area contributed by atoms with Gasteiger partial charge in [-0.2, -0.15) is 0 Å². The van der Waals surface area contributed by atoms with Crippen molar-refractivity contribution in [1.29, 1.82) is 0 Å². The molecule has 1 aromatic carbocycles. The zero-order chi connectivity index (χ0) is 30.8. The normalized spacial score (nSPS) is 13.2. The summed E-state index contributed by atoms with van der Waals surface area (Å²) in [6.45, 7) is 8.58. The lowest BCUT2D eigenvalue weighted by atomic mass is 10.0. The molecule has 1 aromatic rings. The minimum Gasteiger partial charge on any atom is -0.379 e. The molecule has 0 aliphatic carbocycles. The second-order valence-electron chi connectivity index (χ2n) is 9.65. The minimum atomic E-state index is -0.432. The Morgan fingerprint density at radius 2 is 1.36 bits per heavy atom. The molecule has 13 heteroatoms. The Bertz CT molecular complexity index is 849. The number of ether oxygens (including phenoxy) is 4. The largest absolute Gasteiger partial charge is 0.379 e. The molecule has 0 radical (unpaired) electrons. The Balaban J connectivity index is 2.05. The maximum absolute atomic E-state index is 12.6. The van der Waals surface area contributed by atoms with E-state index in [1.54, 1.807) is 0 Å². The molecule has 3 amide bonds. The molecule has 8 N–H and O–H groups in total. The van der Waals surface area contributed by atoms with Gasteiger partial charge in [0.05, 0.1) is 58.9 Å². The van der Waals surface area contributed by atoms with E-state index in [0.29, 0.717) is 78.7 Å². The average molecular weight is 597 g/mol. The fourth-order valence-electron chi connectivity index (χ4n) is 3.72. The van der Waals surface area contributed by atoms with Crippen LogP contribution in [0.2, 0.25) is 0 Å². The third kappa shape index (κ3) is 19.5. The number of rotatable bonds is 26. The van der Waals surface area contributed by atoms with Crippen molar-refractivity contribution in [3.8, 4) is 0 Å². The highest BCUT2D eigenvalue weighted by Gasteiger charge is 2.23. The van der Waals surface area contributed by atoms with E-state index in [1.165, 1.54) is 0 Å². The zero-order valence-corrected chi connectivity index (χ0v) is 25.2. The molecule has 3 atom stereocenters. The molecule has 3 unspecified atom stereocenters. The fourth-order valence-corrected chi connectivity index (χ4v) is 3.72. The Kier molecular flexibility index (Phi) is 22.2. The second kappa shape index (κ2) is 24.9. The second-order valence-corrected chi connectivity index (χ2v) is 9.65. The summed E-state index contributed by atoms with van der Waals surface area (Å²) in [6.07, 6.45) is 1.07. The summed E-state index contributed by atoms with van der Waals surface area (Å²) < 4.78 is 21.7. The van der Waals surface area contributed by atoms with Gasteiger partial charge < -0.3 is 51.7 Å². The molecular weight excluding hydrogens is 544 g/mol. The predicted octanol–water partition coefficient (Wildman–Crippen LogP) is -0.923. The molecule has 0 saturated carbocycles. The van der Waals surface area contributed by atoms with E-state index in [0.717, 1.165) is 5.56 Å². The third-order valence-electron chi connectivity index (χ3n) is 6.12. The smallest absolute Gasteiger partial charge is 0.237 e. The SMILES string of the molecule is CCNC(=O)C(Cc1ccccc1)NC(C)C(N)CNC(=O)CCOCCOCCOCCOCCNC(=O)CCN. The van der Waals surface area contributed by atoms with Gasteiger partial charge in [-0.15, -0.1) is 0 Å². The van der Waals surface area contributed by atoms with Crippen molar-refractivity contribution in [2.24, 2.45) is 11.5 Å². The van der Waals surface area contributed by atoms with Gasteiger partial charge in [0.1, 0.15) is 0 Å². The molecule has 13 nitrogen and oxygen atoms in total. The minimum absolute atomic E-state index is 0.0791. The summed E-state index contributed by atoms with van der Waals surface area (Å²) in [5, 5.41) is 11.7. The van der Waals surface area contributed by atoms with E-state index in [4.69, 9.17) is 30.4 Å². The van der Waals surface area contributed by atoms with Crippen LogP contribution in [0, 0.1) is 0 Å². The van der Waals surface area contributed by atoms with E-state index in [-0.39, 0.29) is 49.4 Å². The van der Waals surface area contributed by atoms with Crippen LogP contribution in [0.1, 0.15) is 32.3 Å². The summed E-state index contributed by atoms with van der Waals surface area (Å²) in [6, 6.07) is 8.79. The Morgan fingerprint density at radius 3 is 1.95 bits per heavy atom. The van der Waals surface area contributed by atoms with Gasteiger partial charge in [0, 0.05) is 51.1 Å². The highest BCUT2D eigenvalue weighted by Crippen LogP contribution is 2.05. The zero-order valence-electron chi connectivity index (χ0n) is 25.2. The van der Waals surface area contributed by atoms with Crippen molar-refractivity contribution in [3.63, 3.8) is 0 Å². The van der Waals surface area contributed by atoms with Gasteiger partial charge in [0.15, 0.2) is 0 Å². The first-order valence-electron chi connectivity index (χ1n) is 14.7. The Hall–Kier alpha value is -2.65. The molecule has 42 heavy (non-hydrogen) atoms. The van der Waals surface area contributed by atoms with Gasteiger partial charge in [-0.05, 0) is 25.8 Å². The van der Waals surface area contributed by atoms with Crippen molar-refractivity contribution >= 4 is 17.7 Å². The lowest BCUT2D eigenvalue weighted by Gasteiger charge is -2.27. The van der Waals surface area contributed by atoms with Crippen LogP contribution in [0.4, 0.5) is 0 Å². The first-order valence-corrected chi connectivity index (χ1v) is 14.7. The highest BCUT2D eigenvalue weighted by atomic mass is 16.6. The van der Waals surface area contributed by atoms with Gasteiger partial charge in [-0.1, -0.05) is 30.3 Å². The first kappa shape index (κ1) is 37.4. The van der Waals surface area contributed by atoms with Crippen molar-refractivity contribution < 1.29 is 33.3 Å². The number of carbonyl (C=O) groups excluding carboxylic acids is 3. The molecule has 1 rings (SSSR count). The van der Waals surface area contributed by atoms with E-state index >= 15 is 0 Å². The molecule has 0 bridgehead atoms. The molecule has 0 aliphatic heterocycles. The van der Waals surface area contributed by atoms with Crippen molar-refractivity contribution in [3.05, 3.63) is 35.9 Å². The number of nitrogens with two attached hydrogens (primary N) is 2. The number of hydrogen-bond donors (Lipinski definition) is 6. The van der Waals surface area contributed by atoms with Gasteiger partial charge in [0.25, 0.3) is 0 Å². The van der Waals surface area contributed by atoms with Gasteiger partial charge in [0.2, 0.25) is 17.7 Å². The summed E-state index contributed by atoms with van der Waals surface area (Å²) >= 11 is 0. The topological polar surface area (TPSA) is 188 Å². The van der Waals surface area contributed by atoms with Crippen LogP contribution >= 0.6 is 0 Å². The quantitative estimate of drug-likeness (QED) is 0.0730. The van der Waals surface area contributed by atoms with Crippen molar-refractivity contribution in [2.45, 2.75) is 51.2 Å². The molecule has 0 saturated heterocycles. The Labute approximate surface area is 250 Å². The number of carbonyl (C=O) groups is 3. The van der Waals surface area contributed by atoms with Crippen LogP contribution in [0.25, 0.3) is 0 Å². The Morgan fingerprint density at radius 1 is 0.786 bits per heavy atom. The van der Waals surface area contributed by atoms with Crippen LogP contribution in [0.3, 0.4) is 0 Å². The van der Waals surface area contributed by atoms with E-state index < -0.39 is 6.04 Å². The molecule has 0 aliphatic rings. The summed E-state index contributed by atoms with van der Waals surface area (Å²) in [7, 11) is 0. The molecule has 240 valence electrons. The number of likely N-dealkylation sites (N-methyl/N-ethyl adjacent to an activating group) is 1. The maximum atomic E-state index is 12.6. The van der Waals surface area contributed by atoms with Crippen molar-refractivity contribution in [2.75, 3.05) is 79.0 Å². The molecule has 0 fully saturated rings. The highest BCUT2D eigenvalue weighted by molar-refractivity contribution is 5.82. The molecule has 0 heterocycles. The van der Waals surface area contributed by atoms with Crippen LogP contribution in [0.15, 0.2) is 30.3 Å². The molecular formula is C29H52N6O7. The van der Waals surface area contributed by atoms with Gasteiger partial charge in [-0.3, -0.25) is 14.4 Å². The van der Waals surface area contributed by atoms with Gasteiger partial charge >= 0.3 is 0 Å². The fraction of sp³-hybridized carbons (Fsp3) is 0.690.